The van der Waals surface area contributed by atoms with E-state index in [2.05, 4.69) is 16.0 Å². The molecule has 0 saturated carbocycles. The van der Waals surface area contributed by atoms with Crippen molar-refractivity contribution < 1.29 is 24.3 Å². The third-order valence-corrected chi connectivity index (χ3v) is 6.52. The van der Waals surface area contributed by atoms with Gasteiger partial charge in [-0.05, 0) is 42.6 Å². The molecule has 9 nitrogen and oxygen atoms in total. The van der Waals surface area contributed by atoms with Gasteiger partial charge in [-0.25, -0.2) is 4.79 Å². The van der Waals surface area contributed by atoms with Gasteiger partial charge in [0.1, 0.15) is 18.1 Å². The highest BCUT2D eigenvalue weighted by Crippen LogP contribution is 2.14. The molecule has 0 saturated heterocycles. The summed E-state index contributed by atoms with van der Waals surface area (Å²) in [5, 5.41) is 17.5. The average molecular weight is 489 g/mol. The third-order valence-electron chi connectivity index (χ3n) is 5.87. The lowest BCUT2D eigenvalue weighted by Crippen LogP contribution is -2.60. The van der Waals surface area contributed by atoms with Crippen LogP contribution in [-0.4, -0.2) is 65.0 Å². The molecule has 0 rings (SSSR count). The van der Waals surface area contributed by atoms with E-state index in [1.54, 1.807) is 0 Å². The Kier molecular flexibility index (Phi) is 15.1. The number of rotatable bonds is 16. The van der Waals surface area contributed by atoms with Crippen molar-refractivity contribution in [3.05, 3.63) is 0 Å². The monoisotopic (exact) mass is 488 g/mol. The number of nitrogens with two attached hydrogens (primary N) is 1. The highest BCUT2D eigenvalue weighted by molar-refractivity contribution is 7.98. The fraction of sp³-hybridized carbons (Fsp3) is 0.826. The first-order valence-electron chi connectivity index (χ1n) is 11.8. The van der Waals surface area contributed by atoms with Gasteiger partial charge in [0.25, 0.3) is 0 Å². The van der Waals surface area contributed by atoms with Crippen molar-refractivity contribution in [2.45, 2.75) is 91.4 Å². The van der Waals surface area contributed by atoms with Crippen molar-refractivity contribution in [2.24, 2.45) is 23.5 Å². The van der Waals surface area contributed by atoms with Crippen molar-refractivity contribution in [1.82, 2.24) is 16.0 Å². The number of amides is 3. The number of carbonyl (C=O) groups is 4. The Labute approximate surface area is 202 Å². The molecule has 192 valence electrons. The van der Waals surface area contributed by atoms with Crippen LogP contribution in [0.15, 0.2) is 0 Å². The molecule has 6 atom stereocenters. The lowest BCUT2D eigenvalue weighted by atomic mass is 9.94. The first-order chi connectivity index (χ1) is 15.4. The minimum Gasteiger partial charge on any atom is -0.480 e. The van der Waals surface area contributed by atoms with Gasteiger partial charge in [0.15, 0.2) is 0 Å². The minimum atomic E-state index is -1.12. The summed E-state index contributed by atoms with van der Waals surface area (Å²) in [4.78, 5) is 50.3. The summed E-state index contributed by atoms with van der Waals surface area (Å²) in [6, 6.07) is -3.54. The van der Waals surface area contributed by atoms with Gasteiger partial charge in [-0.15, -0.1) is 0 Å². The van der Waals surface area contributed by atoms with E-state index in [0.29, 0.717) is 25.0 Å². The van der Waals surface area contributed by atoms with Crippen molar-refractivity contribution in [3.8, 4) is 0 Å². The van der Waals surface area contributed by atoms with Crippen LogP contribution in [0.1, 0.15) is 67.2 Å². The predicted molar refractivity (Wildman–Crippen MR) is 133 cm³/mol. The van der Waals surface area contributed by atoms with Crippen LogP contribution < -0.4 is 21.7 Å². The molecule has 0 aromatic heterocycles. The Morgan fingerprint density at radius 1 is 0.848 bits per heavy atom. The van der Waals surface area contributed by atoms with Gasteiger partial charge in [-0.3, -0.25) is 14.4 Å². The molecule has 33 heavy (non-hydrogen) atoms. The predicted octanol–water partition coefficient (Wildman–Crippen LogP) is 1.74. The molecule has 10 heteroatoms. The smallest absolute Gasteiger partial charge is 0.326 e. The topological polar surface area (TPSA) is 151 Å². The first-order valence-corrected chi connectivity index (χ1v) is 13.2. The Bertz CT molecular complexity index is 646. The number of carbonyl (C=O) groups excluding carboxylic acids is 3. The number of hydrogen-bond acceptors (Lipinski definition) is 6. The Morgan fingerprint density at radius 3 is 1.70 bits per heavy atom. The lowest BCUT2D eigenvalue weighted by molar-refractivity contribution is -0.142. The van der Waals surface area contributed by atoms with Gasteiger partial charge in [-0.1, -0.05) is 54.4 Å². The van der Waals surface area contributed by atoms with Gasteiger partial charge < -0.3 is 26.8 Å². The van der Waals surface area contributed by atoms with Crippen molar-refractivity contribution >= 4 is 35.5 Å². The number of aliphatic carboxylic acids is 1. The second-order valence-corrected chi connectivity index (χ2v) is 10.1. The van der Waals surface area contributed by atoms with E-state index in [9.17, 15) is 24.3 Å². The molecule has 0 aliphatic carbocycles. The number of carboxylic acid groups (broad SMARTS) is 1. The van der Waals surface area contributed by atoms with Crippen molar-refractivity contribution in [3.63, 3.8) is 0 Å². The van der Waals surface area contributed by atoms with Crippen molar-refractivity contribution in [1.29, 1.82) is 0 Å². The molecule has 0 aliphatic rings. The van der Waals surface area contributed by atoms with Crippen LogP contribution in [0.5, 0.6) is 0 Å². The number of carboxylic acids is 1. The quantitative estimate of drug-likeness (QED) is 0.222. The summed E-state index contributed by atoms with van der Waals surface area (Å²) in [5.74, 6) is -2.16. The molecule has 0 aromatic rings. The summed E-state index contributed by atoms with van der Waals surface area (Å²) >= 11 is 1.49. The zero-order chi connectivity index (χ0) is 25.7. The highest BCUT2D eigenvalue weighted by Gasteiger charge is 2.34. The van der Waals surface area contributed by atoms with Crippen LogP contribution in [0.4, 0.5) is 0 Å². The summed E-state index contributed by atoms with van der Waals surface area (Å²) in [6.45, 7) is 11.4. The standard InChI is InChI=1S/C23H44N4O5S/c1-8-14(5)18(21(29)25-17(23(31)32)10-11-33-7)27-22(30)19(15(6)9-2)26-20(28)16(24)12-13(3)4/h13-19H,8-12,24H2,1-7H3,(H,25,29)(H,26,28)(H,27,30)(H,31,32). The molecule has 0 spiro atoms. The molecule has 6 unspecified atom stereocenters. The highest BCUT2D eigenvalue weighted by atomic mass is 32.2. The molecule has 0 radical (unpaired) electrons. The van der Waals surface area contributed by atoms with Gasteiger partial charge in [0, 0.05) is 0 Å². The Morgan fingerprint density at radius 2 is 1.30 bits per heavy atom. The van der Waals surface area contributed by atoms with Crippen LogP contribution in [0, 0.1) is 17.8 Å². The van der Waals surface area contributed by atoms with Crippen LogP contribution in [0.25, 0.3) is 0 Å². The summed E-state index contributed by atoms with van der Waals surface area (Å²) < 4.78 is 0. The second-order valence-electron chi connectivity index (χ2n) is 9.16. The van der Waals surface area contributed by atoms with Crippen LogP contribution in [0.2, 0.25) is 0 Å². The zero-order valence-electron chi connectivity index (χ0n) is 21.1. The van der Waals surface area contributed by atoms with Crippen LogP contribution in [-0.2, 0) is 19.2 Å². The maximum absolute atomic E-state index is 13.2. The van der Waals surface area contributed by atoms with Crippen LogP contribution in [0.3, 0.4) is 0 Å². The average Bonchev–Trinajstić information content (AvgIpc) is 2.76. The normalized spacial score (nSPS) is 16.8. The SMILES string of the molecule is CCC(C)C(NC(=O)C(N)CC(C)C)C(=O)NC(C(=O)NC(CCSC)C(=O)O)C(C)CC. The summed E-state index contributed by atoms with van der Waals surface area (Å²) in [7, 11) is 0. The zero-order valence-corrected chi connectivity index (χ0v) is 22.0. The second kappa shape index (κ2) is 15.9. The minimum absolute atomic E-state index is 0.186. The largest absolute Gasteiger partial charge is 0.480 e. The number of thioether (sulfide) groups is 1. The fourth-order valence-corrected chi connectivity index (χ4v) is 3.75. The lowest BCUT2D eigenvalue weighted by Gasteiger charge is -2.30. The maximum Gasteiger partial charge on any atom is 0.326 e. The van der Waals surface area contributed by atoms with Gasteiger partial charge in [0.05, 0.1) is 6.04 Å². The summed E-state index contributed by atoms with van der Waals surface area (Å²) in [5.41, 5.74) is 5.99. The molecule has 0 aliphatic heterocycles. The molecule has 3 amide bonds. The van der Waals surface area contributed by atoms with Gasteiger partial charge in [-0.2, -0.15) is 11.8 Å². The van der Waals surface area contributed by atoms with E-state index in [1.807, 2.05) is 47.8 Å². The number of hydrogen-bond donors (Lipinski definition) is 5. The van der Waals surface area contributed by atoms with E-state index in [-0.39, 0.29) is 24.2 Å². The third kappa shape index (κ3) is 11.2. The van der Waals surface area contributed by atoms with E-state index in [4.69, 9.17) is 5.73 Å². The van der Waals surface area contributed by atoms with E-state index in [1.165, 1.54) is 11.8 Å². The maximum atomic E-state index is 13.2. The molecule has 0 fully saturated rings. The Balaban J connectivity index is 5.56. The molecular formula is C23H44N4O5S. The fourth-order valence-electron chi connectivity index (χ4n) is 3.28. The number of nitrogens with one attached hydrogen (secondary N) is 3. The van der Waals surface area contributed by atoms with E-state index in [0.717, 1.165) is 0 Å². The molecule has 6 N–H and O–H groups in total. The molecule has 0 heterocycles. The first kappa shape index (κ1) is 31.2. The van der Waals surface area contributed by atoms with Gasteiger partial charge in [0.2, 0.25) is 17.7 Å². The van der Waals surface area contributed by atoms with Crippen LogP contribution >= 0.6 is 11.8 Å². The summed E-state index contributed by atoms with van der Waals surface area (Å²) in [6.07, 6.45) is 3.86. The molecule has 0 bridgehead atoms. The van der Waals surface area contributed by atoms with E-state index >= 15 is 0 Å². The molecule has 0 aromatic carbocycles. The van der Waals surface area contributed by atoms with Crippen molar-refractivity contribution in [2.75, 3.05) is 12.0 Å². The Hall–Kier alpha value is -1.81. The van der Waals surface area contributed by atoms with E-state index < -0.39 is 47.9 Å². The van der Waals surface area contributed by atoms with Gasteiger partial charge >= 0.3 is 5.97 Å². The molecular weight excluding hydrogens is 444 g/mol.